The molecule has 220 valence electrons. The maximum Gasteiger partial charge on any atom is 0.163 e. The van der Waals surface area contributed by atoms with Crippen LogP contribution < -0.4 is 5.73 Å². The number of pyridine rings is 5. The van der Waals surface area contributed by atoms with Gasteiger partial charge in [0.05, 0.1) is 45.6 Å². The highest BCUT2D eigenvalue weighted by atomic mass is 16.1. The number of Topliss-reactive ketones (excluding diaryl/α,β-unsaturated/α-hetero) is 1. The number of ketones is 1. The summed E-state index contributed by atoms with van der Waals surface area (Å²) >= 11 is 0. The maximum atomic E-state index is 13.3. The van der Waals surface area contributed by atoms with Crippen LogP contribution in [0.2, 0.25) is 0 Å². The molecule has 0 aliphatic carbocycles. The van der Waals surface area contributed by atoms with Crippen molar-refractivity contribution in [3.63, 3.8) is 0 Å². The van der Waals surface area contributed by atoms with Crippen LogP contribution in [-0.4, -0.2) is 47.0 Å². The van der Waals surface area contributed by atoms with Gasteiger partial charge in [0.2, 0.25) is 0 Å². The number of carbonyl (C=O) groups is 1. The van der Waals surface area contributed by atoms with Crippen LogP contribution >= 0.6 is 0 Å². The van der Waals surface area contributed by atoms with Crippen molar-refractivity contribution in [2.75, 3.05) is 6.54 Å². The number of nitrogens with zero attached hydrogens (tertiary/aromatic N) is 7. The zero-order chi connectivity index (χ0) is 29.9. The summed E-state index contributed by atoms with van der Waals surface area (Å²) in [5.41, 5.74) is 15.6. The van der Waals surface area contributed by atoms with Gasteiger partial charge in [-0.05, 0) is 84.8 Å². The third-order valence-corrected chi connectivity index (χ3v) is 8.00. The molecule has 5 aromatic rings. The SMILES string of the molecule is NCCCC(=O)c1cc2nc(c1)CN1Cc3cccc(n3)-c3cc(ccn3)CN(Cc3ccnc(c3)-c3cccc(n3)C1)C2. The van der Waals surface area contributed by atoms with E-state index < -0.39 is 0 Å². The van der Waals surface area contributed by atoms with E-state index in [-0.39, 0.29) is 5.78 Å². The minimum Gasteiger partial charge on any atom is -0.330 e. The molecule has 5 aromatic heterocycles. The summed E-state index contributed by atoms with van der Waals surface area (Å²) in [5.74, 6) is 0.0931. The van der Waals surface area contributed by atoms with E-state index in [1.807, 2.05) is 60.9 Å². The molecule has 0 radical (unpaired) electrons. The number of hydrogen-bond donors (Lipinski definition) is 1. The third-order valence-electron chi connectivity index (χ3n) is 8.00. The van der Waals surface area contributed by atoms with Crippen molar-refractivity contribution in [2.45, 2.75) is 52.1 Å². The standard InChI is InChI=1S/C35H34N8O/c36-11-3-8-35(44)26-16-29-22-42-18-24-9-12-37-33(14-24)31-6-1-4-27(40-31)20-43(23-30(17-26)39-29)21-28-5-2-7-32(41-28)34-15-25(19-42)10-13-38-34/h1-2,4-7,9-10,12-17H,3,8,11,18-23,36H2. The first-order chi connectivity index (χ1) is 21.6. The Labute approximate surface area is 256 Å². The molecule has 2 aliphatic rings. The summed E-state index contributed by atoms with van der Waals surface area (Å²) in [6.07, 6.45) is 4.79. The van der Waals surface area contributed by atoms with Crippen molar-refractivity contribution in [3.05, 3.63) is 125 Å². The average molecular weight is 583 g/mol. The van der Waals surface area contributed by atoms with E-state index in [0.29, 0.717) is 64.2 Å². The molecule has 0 spiro atoms. The summed E-state index contributed by atoms with van der Waals surface area (Å²) in [7, 11) is 0. The number of nitrogens with two attached hydrogens (primary N) is 1. The summed E-state index contributed by atoms with van der Waals surface area (Å²) in [6.45, 7) is 4.05. The van der Waals surface area contributed by atoms with Crippen LogP contribution in [0.4, 0.5) is 0 Å². The lowest BCUT2D eigenvalue weighted by Crippen LogP contribution is -2.26. The van der Waals surface area contributed by atoms with Gasteiger partial charge >= 0.3 is 0 Å². The predicted octanol–water partition coefficient (Wildman–Crippen LogP) is 4.95. The molecule has 0 atom stereocenters. The first-order valence-electron chi connectivity index (χ1n) is 15.1. The summed E-state index contributed by atoms with van der Waals surface area (Å²) in [4.78, 5) is 42.5. The van der Waals surface area contributed by atoms with Gasteiger partial charge in [-0.2, -0.15) is 0 Å². The molecule has 0 saturated carbocycles. The highest BCUT2D eigenvalue weighted by molar-refractivity contribution is 5.96. The molecule has 0 aromatic carbocycles. The van der Waals surface area contributed by atoms with E-state index in [1.54, 1.807) is 0 Å². The van der Waals surface area contributed by atoms with Crippen molar-refractivity contribution in [1.29, 1.82) is 0 Å². The van der Waals surface area contributed by atoms with E-state index in [2.05, 4.69) is 44.0 Å². The van der Waals surface area contributed by atoms with Crippen LogP contribution in [0.15, 0.2) is 85.2 Å². The van der Waals surface area contributed by atoms with Gasteiger partial charge in [0.1, 0.15) is 0 Å². The maximum absolute atomic E-state index is 13.3. The van der Waals surface area contributed by atoms with Gasteiger partial charge in [0, 0.05) is 63.6 Å². The zero-order valence-corrected chi connectivity index (χ0v) is 24.6. The van der Waals surface area contributed by atoms with Crippen LogP contribution in [0.25, 0.3) is 22.8 Å². The number of carbonyl (C=O) groups excluding carboxylic acids is 1. The minimum atomic E-state index is 0.0931. The molecule has 7 rings (SSSR count). The lowest BCUT2D eigenvalue weighted by atomic mass is 10.0. The van der Waals surface area contributed by atoms with Crippen LogP contribution in [0, 0.1) is 0 Å². The Balaban J connectivity index is 1.42. The number of fused-ring (bicyclic) bond motifs is 12. The average Bonchev–Trinajstić information content (AvgIpc) is 3.03. The second-order valence-electron chi connectivity index (χ2n) is 11.6. The normalized spacial score (nSPS) is 17.5. The molecule has 2 N–H and O–H groups in total. The van der Waals surface area contributed by atoms with Crippen molar-refractivity contribution < 1.29 is 4.79 Å². The second kappa shape index (κ2) is 12.5. The second-order valence-corrected chi connectivity index (χ2v) is 11.6. The van der Waals surface area contributed by atoms with E-state index in [9.17, 15) is 4.79 Å². The quantitative estimate of drug-likeness (QED) is 0.294. The van der Waals surface area contributed by atoms with Crippen LogP contribution in [-0.2, 0) is 39.3 Å². The van der Waals surface area contributed by atoms with Gasteiger partial charge < -0.3 is 5.73 Å². The fourth-order valence-corrected chi connectivity index (χ4v) is 5.99. The molecule has 9 heteroatoms. The topological polar surface area (TPSA) is 114 Å². The predicted molar refractivity (Wildman–Crippen MR) is 168 cm³/mol. The van der Waals surface area contributed by atoms with Gasteiger partial charge in [-0.1, -0.05) is 12.1 Å². The van der Waals surface area contributed by atoms with Gasteiger partial charge in [-0.25, -0.2) is 9.97 Å². The van der Waals surface area contributed by atoms with Gasteiger partial charge in [-0.15, -0.1) is 0 Å². The largest absolute Gasteiger partial charge is 0.330 e. The van der Waals surface area contributed by atoms with Gasteiger partial charge in [0.25, 0.3) is 0 Å². The molecule has 0 fully saturated rings. The molecule has 0 unspecified atom stereocenters. The molecular formula is C35H34N8O. The molecule has 44 heavy (non-hydrogen) atoms. The Morgan fingerprint density at radius 3 is 1.68 bits per heavy atom. The monoisotopic (exact) mass is 582 g/mol. The molecule has 7 heterocycles. The van der Waals surface area contributed by atoms with Crippen LogP contribution in [0.5, 0.6) is 0 Å². The molecule has 0 saturated heterocycles. The first kappa shape index (κ1) is 28.1. The van der Waals surface area contributed by atoms with E-state index >= 15 is 0 Å². The lowest BCUT2D eigenvalue weighted by Gasteiger charge is -2.24. The lowest BCUT2D eigenvalue weighted by molar-refractivity contribution is 0.0980. The Morgan fingerprint density at radius 2 is 1.14 bits per heavy atom. The van der Waals surface area contributed by atoms with Crippen molar-refractivity contribution in [2.24, 2.45) is 5.73 Å². The smallest absolute Gasteiger partial charge is 0.163 e. The van der Waals surface area contributed by atoms with Gasteiger partial charge in [0.15, 0.2) is 5.78 Å². The van der Waals surface area contributed by atoms with E-state index in [4.69, 9.17) is 20.7 Å². The highest BCUT2D eigenvalue weighted by Gasteiger charge is 2.19. The molecule has 2 aliphatic heterocycles. The Morgan fingerprint density at radius 1 is 0.614 bits per heavy atom. The van der Waals surface area contributed by atoms with Crippen LogP contribution in [0.3, 0.4) is 0 Å². The van der Waals surface area contributed by atoms with E-state index in [1.165, 1.54) is 0 Å². The molecule has 9 nitrogen and oxygen atoms in total. The zero-order valence-electron chi connectivity index (χ0n) is 24.6. The van der Waals surface area contributed by atoms with Gasteiger partial charge in [-0.3, -0.25) is 29.5 Å². The Bertz CT molecular complexity index is 1610. The van der Waals surface area contributed by atoms with Crippen molar-refractivity contribution in [3.8, 4) is 22.8 Å². The third kappa shape index (κ3) is 6.45. The summed E-state index contributed by atoms with van der Waals surface area (Å²) in [6, 6.07) is 24.5. The molecule has 0 amide bonds. The minimum absolute atomic E-state index is 0.0931. The first-order valence-corrected chi connectivity index (χ1v) is 15.1. The van der Waals surface area contributed by atoms with Crippen LogP contribution in [0.1, 0.15) is 57.1 Å². The number of rotatable bonds is 4. The van der Waals surface area contributed by atoms with E-state index in [0.717, 1.165) is 56.7 Å². The fourth-order valence-electron chi connectivity index (χ4n) is 5.99. The Hall–Kier alpha value is -4.70. The molecular weight excluding hydrogens is 548 g/mol. The number of aromatic nitrogens is 5. The molecule has 12 bridgehead atoms. The number of hydrogen-bond acceptors (Lipinski definition) is 9. The summed E-state index contributed by atoms with van der Waals surface area (Å²) < 4.78 is 0. The Kier molecular flexibility index (Phi) is 7.98. The van der Waals surface area contributed by atoms with Crippen molar-refractivity contribution in [1.82, 2.24) is 34.7 Å². The highest BCUT2D eigenvalue weighted by Crippen LogP contribution is 2.24. The fraction of sp³-hybridized carbons (Fsp3) is 0.257. The van der Waals surface area contributed by atoms with Crippen molar-refractivity contribution >= 4 is 5.78 Å². The summed E-state index contributed by atoms with van der Waals surface area (Å²) in [5, 5.41) is 0.